The zero-order valence-electron chi connectivity index (χ0n) is 7.32. The fourth-order valence-corrected chi connectivity index (χ4v) is 1.01. The van der Waals surface area contributed by atoms with E-state index in [0.717, 1.165) is 38.2 Å². The molecule has 4 nitrogen and oxygen atoms in total. The molecule has 0 radical (unpaired) electrons. The van der Waals surface area contributed by atoms with Crippen LogP contribution in [-0.2, 0) is 11.2 Å². The Morgan fingerprint density at radius 1 is 1.42 bits per heavy atom. The highest BCUT2D eigenvalue weighted by molar-refractivity contribution is 4.73. The molecule has 0 saturated heterocycles. The van der Waals surface area contributed by atoms with Gasteiger partial charge in [0, 0.05) is 20.1 Å². The maximum Gasteiger partial charge on any atom is 0.226 e. The van der Waals surface area contributed by atoms with Crippen LogP contribution in [0.15, 0.2) is 10.9 Å². The summed E-state index contributed by atoms with van der Waals surface area (Å²) in [6.07, 6.45) is 5.65. The summed E-state index contributed by atoms with van der Waals surface area (Å²) in [5.41, 5.74) is 0. The molecule has 0 atom stereocenters. The molecule has 0 N–H and O–H groups in total. The van der Waals surface area contributed by atoms with Crippen molar-refractivity contribution in [1.29, 1.82) is 0 Å². The maximum absolute atomic E-state index is 4.93. The van der Waals surface area contributed by atoms with Crippen LogP contribution in [0.25, 0.3) is 0 Å². The van der Waals surface area contributed by atoms with Gasteiger partial charge >= 0.3 is 0 Å². The van der Waals surface area contributed by atoms with Crippen LogP contribution in [0.1, 0.15) is 25.2 Å². The van der Waals surface area contributed by atoms with Gasteiger partial charge in [0.2, 0.25) is 5.89 Å². The molecule has 4 heteroatoms. The minimum atomic E-state index is 0.729. The molecule has 1 aromatic rings. The van der Waals surface area contributed by atoms with Crippen molar-refractivity contribution in [3.05, 3.63) is 12.2 Å². The monoisotopic (exact) mass is 170 g/mol. The number of hydrogen-bond donors (Lipinski definition) is 0. The third-order valence-corrected chi connectivity index (χ3v) is 1.65. The molecule has 1 heterocycles. The van der Waals surface area contributed by atoms with E-state index in [9.17, 15) is 0 Å². The van der Waals surface area contributed by atoms with Crippen LogP contribution in [-0.4, -0.2) is 23.9 Å². The fourth-order valence-electron chi connectivity index (χ4n) is 1.01. The lowest BCUT2D eigenvalue weighted by Crippen LogP contribution is -1.90. The van der Waals surface area contributed by atoms with E-state index in [1.807, 2.05) is 0 Å². The summed E-state index contributed by atoms with van der Waals surface area (Å²) in [7, 11) is 1.72. The molecule has 0 amide bonds. The predicted molar refractivity (Wildman–Crippen MR) is 43.7 cm³/mol. The van der Waals surface area contributed by atoms with Gasteiger partial charge in [-0.2, -0.15) is 4.98 Å². The average Bonchev–Trinajstić information content (AvgIpc) is 2.57. The van der Waals surface area contributed by atoms with Crippen LogP contribution in [0.2, 0.25) is 0 Å². The van der Waals surface area contributed by atoms with Crippen LogP contribution in [0.3, 0.4) is 0 Å². The largest absolute Gasteiger partial charge is 0.385 e. The second-order valence-corrected chi connectivity index (χ2v) is 2.64. The Kier molecular flexibility index (Phi) is 4.37. The van der Waals surface area contributed by atoms with Crippen LogP contribution in [0.5, 0.6) is 0 Å². The van der Waals surface area contributed by atoms with Gasteiger partial charge in [-0.3, -0.25) is 0 Å². The topological polar surface area (TPSA) is 48.2 Å². The lowest BCUT2D eigenvalue weighted by Gasteiger charge is -1.96. The molecule has 0 fully saturated rings. The highest BCUT2D eigenvalue weighted by Crippen LogP contribution is 2.02. The maximum atomic E-state index is 4.93. The van der Waals surface area contributed by atoms with Gasteiger partial charge < -0.3 is 9.26 Å². The van der Waals surface area contributed by atoms with Crippen LogP contribution >= 0.6 is 0 Å². The number of aromatic nitrogens is 2. The number of rotatable bonds is 6. The zero-order valence-corrected chi connectivity index (χ0v) is 7.32. The predicted octanol–water partition coefficient (Wildman–Crippen LogP) is 1.43. The quantitative estimate of drug-likeness (QED) is 0.606. The molecule has 1 rings (SSSR count). The van der Waals surface area contributed by atoms with Crippen molar-refractivity contribution < 1.29 is 9.26 Å². The third kappa shape index (κ3) is 3.48. The standard InChI is InChI=1S/C8H14N2O2/c1-11-6-4-2-3-5-8-9-7-10-12-8/h7H,2-6H2,1H3. The van der Waals surface area contributed by atoms with E-state index in [2.05, 4.69) is 10.1 Å². The second kappa shape index (κ2) is 5.71. The van der Waals surface area contributed by atoms with E-state index >= 15 is 0 Å². The molecule has 0 bridgehead atoms. The Balaban J connectivity index is 1.96. The minimum absolute atomic E-state index is 0.729. The van der Waals surface area contributed by atoms with Gasteiger partial charge in [0.15, 0.2) is 6.33 Å². The number of aryl methyl sites for hydroxylation is 1. The molecule has 0 saturated carbocycles. The second-order valence-electron chi connectivity index (χ2n) is 2.64. The van der Waals surface area contributed by atoms with Gasteiger partial charge in [-0.15, -0.1) is 0 Å². The van der Waals surface area contributed by atoms with Crippen LogP contribution < -0.4 is 0 Å². The number of unbranched alkanes of at least 4 members (excludes halogenated alkanes) is 2. The van der Waals surface area contributed by atoms with Gasteiger partial charge in [-0.05, 0) is 12.8 Å². The summed E-state index contributed by atoms with van der Waals surface area (Å²) in [6.45, 7) is 0.837. The van der Waals surface area contributed by atoms with Gasteiger partial charge in [0.25, 0.3) is 0 Å². The Morgan fingerprint density at radius 2 is 2.33 bits per heavy atom. The molecular weight excluding hydrogens is 156 g/mol. The van der Waals surface area contributed by atoms with E-state index in [1.54, 1.807) is 7.11 Å². The first-order chi connectivity index (χ1) is 5.93. The zero-order chi connectivity index (χ0) is 8.65. The van der Waals surface area contributed by atoms with Crippen molar-refractivity contribution in [3.63, 3.8) is 0 Å². The van der Waals surface area contributed by atoms with Crippen molar-refractivity contribution in [3.8, 4) is 0 Å². The van der Waals surface area contributed by atoms with Gasteiger partial charge in [0.1, 0.15) is 0 Å². The lowest BCUT2D eigenvalue weighted by atomic mass is 10.2. The minimum Gasteiger partial charge on any atom is -0.385 e. The summed E-state index contributed by atoms with van der Waals surface area (Å²) < 4.78 is 9.78. The first-order valence-corrected chi connectivity index (χ1v) is 4.18. The Morgan fingerprint density at radius 3 is 3.00 bits per heavy atom. The Hall–Kier alpha value is -0.900. The van der Waals surface area contributed by atoms with E-state index in [1.165, 1.54) is 6.33 Å². The molecular formula is C8H14N2O2. The average molecular weight is 170 g/mol. The van der Waals surface area contributed by atoms with Crippen LogP contribution in [0.4, 0.5) is 0 Å². The van der Waals surface area contributed by atoms with Gasteiger partial charge in [-0.25, -0.2) is 0 Å². The SMILES string of the molecule is COCCCCCc1ncno1. The Bertz CT molecular complexity index is 187. The molecule has 0 aliphatic rings. The molecule has 0 aromatic carbocycles. The number of hydrogen-bond acceptors (Lipinski definition) is 4. The molecule has 0 aliphatic carbocycles. The van der Waals surface area contributed by atoms with Crippen molar-refractivity contribution in [2.75, 3.05) is 13.7 Å². The summed E-state index contributed by atoms with van der Waals surface area (Å²) in [5.74, 6) is 0.729. The van der Waals surface area contributed by atoms with E-state index in [4.69, 9.17) is 9.26 Å². The van der Waals surface area contributed by atoms with Crippen molar-refractivity contribution in [1.82, 2.24) is 10.1 Å². The lowest BCUT2D eigenvalue weighted by molar-refractivity contribution is 0.192. The van der Waals surface area contributed by atoms with Gasteiger partial charge in [-0.1, -0.05) is 11.6 Å². The van der Waals surface area contributed by atoms with E-state index in [-0.39, 0.29) is 0 Å². The van der Waals surface area contributed by atoms with Crippen molar-refractivity contribution in [2.45, 2.75) is 25.7 Å². The number of ether oxygens (including phenoxy) is 1. The summed E-state index contributed by atoms with van der Waals surface area (Å²) >= 11 is 0. The summed E-state index contributed by atoms with van der Waals surface area (Å²) in [6, 6.07) is 0. The van der Waals surface area contributed by atoms with E-state index < -0.39 is 0 Å². The molecule has 0 unspecified atom stereocenters. The first-order valence-electron chi connectivity index (χ1n) is 4.18. The third-order valence-electron chi connectivity index (χ3n) is 1.65. The fraction of sp³-hybridized carbons (Fsp3) is 0.750. The van der Waals surface area contributed by atoms with Gasteiger partial charge in [0.05, 0.1) is 0 Å². The first kappa shape index (κ1) is 9.19. The molecule has 0 spiro atoms. The number of nitrogens with zero attached hydrogens (tertiary/aromatic N) is 2. The van der Waals surface area contributed by atoms with Crippen molar-refractivity contribution in [2.24, 2.45) is 0 Å². The van der Waals surface area contributed by atoms with Crippen molar-refractivity contribution >= 4 is 0 Å². The molecule has 12 heavy (non-hydrogen) atoms. The summed E-state index contributed by atoms with van der Waals surface area (Å²) in [4.78, 5) is 3.93. The normalized spacial score (nSPS) is 10.4. The molecule has 1 aromatic heterocycles. The number of methoxy groups -OCH3 is 1. The van der Waals surface area contributed by atoms with Crippen LogP contribution in [0, 0.1) is 0 Å². The highest BCUT2D eigenvalue weighted by atomic mass is 16.5. The molecule has 68 valence electrons. The van der Waals surface area contributed by atoms with E-state index in [0.29, 0.717) is 0 Å². The molecule has 0 aliphatic heterocycles. The Labute approximate surface area is 71.9 Å². The highest BCUT2D eigenvalue weighted by Gasteiger charge is 1.97. The summed E-state index contributed by atoms with van der Waals surface area (Å²) in [5, 5.41) is 3.53. The smallest absolute Gasteiger partial charge is 0.226 e.